The number of pyridine rings is 1. The first-order valence-electron chi connectivity index (χ1n) is 8.27. The number of rotatable bonds is 7. The SMILES string of the molecule is Cc1cnn(CCCNC(=O)c2ccc(Oc3ccc(Br)cc3)nc2)c1. The van der Waals surface area contributed by atoms with Crippen LogP contribution in [0.4, 0.5) is 0 Å². The molecule has 0 saturated carbocycles. The van der Waals surface area contributed by atoms with Gasteiger partial charge in [-0.05, 0) is 49.2 Å². The predicted octanol–water partition coefficient (Wildman–Crippen LogP) is 3.96. The molecule has 0 bridgehead atoms. The van der Waals surface area contributed by atoms with Crippen molar-refractivity contribution in [2.24, 2.45) is 0 Å². The third-order valence-corrected chi connectivity index (χ3v) is 4.18. The Morgan fingerprint density at radius 3 is 2.65 bits per heavy atom. The molecule has 2 aromatic heterocycles. The van der Waals surface area contributed by atoms with E-state index in [9.17, 15) is 4.79 Å². The lowest BCUT2D eigenvalue weighted by molar-refractivity contribution is 0.0952. The first-order chi connectivity index (χ1) is 12.6. The van der Waals surface area contributed by atoms with E-state index in [-0.39, 0.29) is 5.91 Å². The molecule has 0 saturated heterocycles. The monoisotopic (exact) mass is 414 g/mol. The zero-order valence-electron chi connectivity index (χ0n) is 14.4. The van der Waals surface area contributed by atoms with Crippen LogP contribution in [0.2, 0.25) is 0 Å². The van der Waals surface area contributed by atoms with Gasteiger partial charge in [0.25, 0.3) is 5.91 Å². The molecule has 3 aromatic rings. The number of aryl methyl sites for hydroxylation is 2. The van der Waals surface area contributed by atoms with E-state index >= 15 is 0 Å². The fraction of sp³-hybridized carbons (Fsp3) is 0.211. The van der Waals surface area contributed by atoms with E-state index in [2.05, 4.69) is 31.3 Å². The standard InChI is InChI=1S/C19H19BrN4O2/c1-14-11-23-24(13-14)10-2-9-21-19(25)15-3-8-18(22-12-15)26-17-6-4-16(20)5-7-17/h3-8,11-13H,2,9-10H2,1H3,(H,21,25). The molecule has 0 aliphatic rings. The van der Waals surface area contributed by atoms with Crippen molar-refractivity contribution < 1.29 is 9.53 Å². The van der Waals surface area contributed by atoms with Gasteiger partial charge in [0.05, 0.1) is 11.8 Å². The summed E-state index contributed by atoms with van der Waals surface area (Å²) in [7, 11) is 0. The minimum absolute atomic E-state index is 0.149. The number of amides is 1. The quantitative estimate of drug-likeness (QED) is 0.593. The molecule has 1 aromatic carbocycles. The lowest BCUT2D eigenvalue weighted by Crippen LogP contribution is -2.25. The van der Waals surface area contributed by atoms with Gasteiger partial charge in [-0.15, -0.1) is 0 Å². The predicted molar refractivity (Wildman–Crippen MR) is 102 cm³/mol. The molecule has 3 rings (SSSR count). The molecule has 26 heavy (non-hydrogen) atoms. The van der Waals surface area contributed by atoms with Crippen LogP contribution in [-0.4, -0.2) is 27.2 Å². The van der Waals surface area contributed by atoms with Crippen molar-refractivity contribution in [3.63, 3.8) is 0 Å². The van der Waals surface area contributed by atoms with Crippen LogP contribution >= 0.6 is 15.9 Å². The fourth-order valence-corrected chi connectivity index (χ4v) is 2.60. The Labute approximate surface area is 160 Å². The van der Waals surface area contributed by atoms with Crippen LogP contribution in [0.1, 0.15) is 22.3 Å². The Morgan fingerprint density at radius 1 is 1.19 bits per heavy atom. The molecule has 134 valence electrons. The van der Waals surface area contributed by atoms with Gasteiger partial charge in [-0.3, -0.25) is 9.48 Å². The molecule has 0 aliphatic carbocycles. The Hall–Kier alpha value is -2.67. The number of carbonyl (C=O) groups excluding carboxylic acids is 1. The number of aromatic nitrogens is 3. The van der Waals surface area contributed by atoms with Crippen molar-refractivity contribution in [3.8, 4) is 11.6 Å². The number of halogens is 1. The van der Waals surface area contributed by atoms with Crippen molar-refractivity contribution in [3.05, 3.63) is 70.6 Å². The summed E-state index contributed by atoms with van der Waals surface area (Å²) >= 11 is 3.38. The maximum absolute atomic E-state index is 12.1. The average molecular weight is 415 g/mol. The highest BCUT2D eigenvalue weighted by atomic mass is 79.9. The van der Waals surface area contributed by atoms with Crippen molar-refractivity contribution in [2.45, 2.75) is 19.9 Å². The molecule has 0 atom stereocenters. The summed E-state index contributed by atoms with van der Waals surface area (Å²) < 4.78 is 8.50. The van der Waals surface area contributed by atoms with Crippen LogP contribution in [-0.2, 0) is 6.54 Å². The minimum atomic E-state index is -0.149. The summed E-state index contributed by atoms with van der Waals surface area (Å²) in [6, 6.07) is 10.8. The smallest absolute Gasteiger partial charge is 0.252 e. The number of nitrogens with zero attached hydrogens (tertiary/aromatic N) is 3. The van der Waals surface area contributed by atoms with Crippen molar-refractivity contribution in [1.82, 2.24) is 20.1 Å². The molecule has 6 nitrogen and oxygen atoms in total. The summed E-state index contributed by atoms with van der Waals surface area (Å²) in [5, 5.41) is 7.10. The van der Waals surface area contributed by atoms with Crippen LogP contribution in [0.3, 0.4) is 0 Å². The number of nitrogens with one attached hydrogen (secondary N) is 1. The second kappa shape index (κ2) is 8.62. The topological polar surface area (TPSA) is 69.0 Å². The van der Waals surface area contributed by atoms with E-state index in [1.807, 2.05) is 48.3 Å². The van der Waals surface area contributed by atoms with Gasteiger partial charge in [-0.2, -0.15) is 5.10 Å². The van der Waals surface area contributed by atoms with Crippen LogP contribution < -0.4 is 10.1 Å². The van der Waals surface area contributed by atoms with Gasteiger partial charge < -0.3 is 10.1 Å². The first kappa shape index (κ1) is 18.1. The Morgan fingerprint density at radius 2 is 2.00 bits per heavy atom. The number of ether oxygens (including phenoxy) is 1. The zero-order valence-corrected chi connectivity index (χ0v) is 15.9. The van der Waals surface area contributed by atoms with Crippen molar-refractivity contribution >= 4 is 21.8 Å². The molecular weight excluding hydrogens is 396 g/mol. The van der Waals surface area contributed by atoms with Gasteiger partial charge in [-0.1, -0.05) is 15.9 Å². The zero-order chi connectivity index (χ0) is 18.4. The third kappa shape index (κ3) is 5.16. The fourth-order valence-electron chi connectivity index (χ4n) is 2.33. The van der Waals surface area contributed by atoms with Crippen LogP contribution in [0.5, 0.6) is 11.6 Å². The number of benzene rings is 1. The lowest BCUT2D eigenvalue weighted by Gasteiger charge is -2.07. The summed E-state index contributed by atoms with van der Waals surface area (Å²) in [4.78, 5) is 16.3. The molecule has 1 amide bonds. The molecule has 0 aliphatic heterocycles. The largest absolute Gasteiger partial charge is 0.439 e. The van der Waals surface area contributed by atoms with Crippen molar-refractivity contribution in [2.75, 3.05) is 6.54 Å². The highest BCUT2D eigenvalue weighted by molar-refractivity contribution is 9.10. The molecule has 2 heterocycles. The highest BCUT2D eigenvalue weighted by Gasteiger charge is 2.07. The minimum Gasteiger partial charge on any atom is -0.439 e. The summed E-state index contributed by atoms with van der Waals surface area (Å²) in [5.74, 6) is 0.981. The van der Waals surface area contributed by atoms with E-state index in [1.165, 1.54) is 6.20 Å². The van der Waals surface area contributed by atoms with Gasteiger partial charge in [0, 0.05) is 36.0 Å². The number of carbonyl (C=O) groups is 1. The van der Waals surface area contributed by atoms with Gasteiger partial charge in [0.1, 0.15) is 5.75 Å². The van der Waals surface area contributed by atoms with Crippen LogP contribution in [0.25, 0.3) is 0 Å². The third-order valence-electron chi connectivity index (χ3n) is 3.65. The van der Waals surface area contributed by atoms with E-state index < -0.39 is 0 Å². The van der Waals surface area contributed by atoms with Gasteiger partial charge in [0.2, 0.25) is 5.88 Å². The van der Waals surface area contributed by atoms with Gasteiger partial charge >= 0.3 is 0 Å². The van der Waals surface area contributed by atoms with E-state index in [0.717, 1.165) is 23.0 Å². The van der Waals surface area contributed by atoms with Crippen LogP contribution in [0.15, 0.2) is 59.5 Å². The average Bonchev–Trinajstić information content (AvgIpc) is 3.06. The molecule has 0 radical (unpaired) electrons. The normalized spacial score (nSPS) is 10.5. The second-order valence-electron chi connectivity index (χ2n) is 5.83. The second-order valence-corrected chi connectivity index (χ2v) is 6.75. The summed E-state index contributed by atoms with van der Waals surface area (Å²) in [6.45, 7) is 3.35. The number of hydrogen-bond donors (Lipinski definition) is 1. The molecule has 0 spiro atoms. The van der Waals surface area contributed by atoms with E-state index in [1.54, 1.807) is 12.1 Å². The van der Waals surface area contributed by atoms with Gasteiger partial charge in [-0.25, -0.2) is 4.98 Å². The molecule has 1 N–H and O–H groups in total. The molecule has 7 heteroatoms. The van der Waals surface area contributed by atoms with E-state index in [0.29, 0.717) is 23.7 Å². The molecular formula is C19H19BrN4O2. The van der Waals surface area contributed by atoms with Crippen LogP contribution in [0, 0.1) is 6.92 Å². The van der Waals surface area contributed by atoms with Crippen molar-refractivity contribution in [1.29, 1.82) is 0 Å². The molecule has 0 unspecified atom stereocenters. The summed E-state index contributed by atoms with van der Waals surface area (Å²) in [5.41, 5.74) is 1.63. The maximum atomic E-state index is 12.1. The van der Waals surface area contributed by atoms with E-state index in [4.69, 9.17) is 4.74 Å². The molecule has 0 fully saturated rings. The Balaban J connectivity index is 1.46. The summed E-state index contributed by atoms with van der Waals surface area (Å²) in [6.07, 6.45) is 6.13. The maximum Gasteiger partial charge on any atom is 0.252 e. The Kier molecular flexibility index (Phi) is 6.01. The van der Waals surface area contributed by atoms with Gasteiger partial charge in [0.15, 0.2) is 0 Å². The lowest BCUT2D eigenvalue weighted by atomic mass is 10.2. The Bertz CT molecular complexity index is 860. The number of hydrogen-bond acceptors (Lipinski definition) is 4. The highest BCUT2D eigenvalue weighted by Crippen LogP contribution is 2.21. The first-order valence-corrected chi connectivity index (χ1v) is 9.06.